The molecule has 0 aliphatic rings. The lowest BCUT2D eigenvalue weighted by atomic mass is 10.1. The molecule has 0 saturated carbocycles. The van der Waals surface area contributed by atoms with E-state index in [0.29, 0.717) is 6.42 Å². The number of anilines is 1. The van der Waals surface area contributed by atoms with Crippen LogP contribution in [0.5, 0.6) is 5.75 Å². The molecule has 1 aromatic heterocycles. The molecule has 0 radical (unpaired) electrons. The first-order chi connectivity index (χ1) is 8.22. The topological polar surface area (TPSA) is 56.6 Å². The zero-order valence-electron chi connectivity index (χ0n) is 9.80. The van der Waals surface area contributed by atoms with E-state index in [4.69, 9.17) is 5.11 Å². The van der Waals surface area contributed by atoms with Gasteiger partial charge in [0.25, 0.3) is 0 Å². The molecular weight excluding hydrogens is 216 g/mol. The maximum absolute atomic E-state index is 9.53. The summed E-state index contributed by atoms with van der Waals surface area (Å²) in [6.07, 6.45) is 2.46. The van der Waals surface area contributed by atoms with Crippen LogP contribution < -0.4 is 4.90 Å². The highest BCUT2D eigenvalue weighted by Gasteiger charge is 2.07. The predicted molar refractivity (Wildman–Crippen MR) is 68.4 cm³/mol. The van der Waals surface area contributed by atoms with Crippen LogP contribution in [-0.2, 0) is 0 Å². The third-order valence-electron chi connectivity index (χ3n) is 2.74. The van der Waals surface area contributed by atoms with Gasteiger partial charge in [0.05, 0.1) is 0 Å². The summed E-state index contributed by atoms with van der Waals surface area (Å²) >= 11 is 0. The summed E-state index contributed by atoms with van der Waals surface area (Å²) in [6, 6.07) is 7.17. The van der Waals surface area contributed by atoms with Crippen molar-refractivity contribution in [1.29, 1.82) is 0 Å². The highest BCUT2D eigenvalue weighted by molar-refractivity contribution is 5.93. The second-order valence-electron chi connectivity index (χ2n) is 4.04. The van der Waals surface area contributed by atoms with Crippen molar-refractivity contribution < 1.29 is 10.2 Å². The van der Waals surface area contributed by atoms with Crippen molar-refractivity contribution in [3.8, 4) is 5.75 Å². The van der Waals surface area contributed by atoms with Crippen molar-refractivity contribution in [2.24, 2.45) is 0 Å². The Morgan fingerprint density at radius 3 is 2.88 bits per heavy atom. The number of hydrogen-bond acceptors (Lipinski definition) is 4. The van der Waals surface area contributed by atoms with Gasteiger partial charge >= 0.3 is 0 Å². The van der Waals surface area contributed by atoms with E-state index in [-0.39, 0.29) is 12.4 Å². The van der Waals surface area contributed by atoms with Gasteiger partial charge in [-0.25, -0.2) is 4.98 Å². The van der Waals surface area contributed by atoms with Crippen molar-refractivity contribution in [3.05, 3.63) is 30.5 Å². The number of hydrogen-bond donors (Lipinski definition) is 2. The number of phenolic OH excluding ortho intramolecular Hbond substituents is 1. The number of fused-ring (bicyclic) bond motifs is 1. The second kappa shape index (κ2) is 5.01. The molecule has 2 aromatic rings. The Kier molecular flexibility index (Phi) is 3.44. The van der Waals surface area contributed by atoms with Crippen molar-refractivity contribution in [3.63, 3.8) is 0 Å². The Bertz CT molecular complexity index is 514. The molecule has 4 nitrogen and oxygen atoms in total. The van der Waals surface area contributed by atoms with Gasteiger partial charge in [0.1, 0.15) is 11.6 Å². The number of aliphatic hydroxyl groups excluding tert-OH is 1. The fraction of sp³-hybridized carbons (Fsp3) is 0.308. The van der Waals surface area contributed by atoms with Crippen LogP contribution in [-0.4, -0.2) is 35.4 Å². The minimum absolute atomic E-state index is 0.167. The van der Waals surface area contributed by atoms with E-state index in [1.54, 1.807) is 18.3 Å². The lowest BCUT2D eigenvalue weighted by Crippen LogP contribution is -2.20. The highest BCUT2D eigenvalue weighted by atomic mass is 16.3. The third kappa shape index (κ3) is 2.47. The molecule has 0 amide bonds. The Morgan fingerprint density at radius 2 is 2.12 bits per heavy atom. The van der Waals surface area contributed by atoms with Crippen LogP contribution >= 0.6 is 0 Å². The predicted octanol–water partition coefficient (Wildman–Crippen LogP) is 1.76. The highest BCUT2D eigenvalue weighted by Crippen LogP contribution is 2.26. The molecule has 2 N–H and O–H groups in total. The lowest BCUT2D eigenvalue weighted by Gasteiger charge is -2.19. The van der Waals surface area contributed by atoms with Crippen molar-refractivity contribution in [1.82, 2.24) is 4.98 Å². The van der Waals surface area contributed by atoms with Crippen LogP contribution in [0.1, 0.15) is 6.42 Å². The zero-order chi connectivity index (χ0) is 12.3. The van der Waals surface area contributed by atoms with E-state index in [1.807, 2.05) is 24.1 Å². The summed E-state index contributed by atoms with van der Waals surface area (Å²) < 4.78 is 0. The molecule has 2 rings (SSSR count). The molecular formula is C13H16N2O2. The van der Waals surface area contributed by atoms with Gasteiger partial charge in [0.15, 0.2) is 0 Å². The van der Waals surface area contributed by atoms with Crippen LogP contribution in [0.4, 0.5) is 5.82 Å². The number of aromatic nitrogens is 1. The van der Waals surface area contributed by atoms with Crippen molar-refractivity contribution in [2.45, 2.75) is 6.42 Å². The van der Waals surface area contributed by atoms with Crippen molar-refractivity contribution in [2.75, 3.05) is 25.1 Å². The summed E-state index contributed by atoms with van der Waals surface area (Å²) in [5.74, 6) is 1.06. The number of rotatable bonds is 4. The monoisotopic (exact) mass is 232 g/mol. The fourth-order valence-electron chi connectivity index (χ4n) is 1.86. The molecule has 0 fully saturated rings. The van der Waals surface area contributed by atoms with E-state index in [1.165, 1.54) is 0 Å². The molecule has 0 bridgehead atoms. The molecule has 90 valence electrons. The lowest BCUT2D eigenvalue weighted by molar-refractivity contribution is 0.290. The molecule has 0 spiro atoms. The van der Waals surface area contributed by atoms with Gasteiger partial charge in [0, 0.05) is 31.8 Å². The minimum atomic E-state index is 0.167. The van der Waals surface area contributed by atoms with Crippen LogP contribution in [0.25, 0.3) is 10.8 Å². The maximum atomic E-state index is 9.53. The number of aromatic hydroxyl groups is 1. The molecule has 0 saturated heterocycles. The normalized spacial score (nSPS) is 10.7. The molecule has 1 heterocycles. The quantitative estimate of drug-likeness (QED) is 0.843. The number of phenols is 1. The first-order valence-electron chi connectivity index (χ1n) is 5.62. The number of aliphatic hydroxyl groups is 1. The van der Waals surface area contributed by atoms with Crippen LogP contribution in [0.3, 0.4) is 0 Å². The van der Waals surface area contributed by atoms with E-state index in [2.05, 4.69) is 4.98 Å². The third-order valence-corrected chi connectivity index (χ3v) is 2.74. The molecule has 0 unspecified atom stereocenters. The summed E-state index contributed by atoms with van der Waals surface area (Å²) in [4.78, 5) is 6.32. The average molecular weight is 232 g/mol. The second-order valence-corrected chi connectivity index (χ2v) is 4.04. The Balaban J connectivity index is 2.42. The van der Waals surface area contributed by atoms with Crippen LogP contribution in [0.15, 0.2) is 30.5 Å². The minimum Gasteiger partial charge on any atom is -0.508 e. The fourth-order valence-corrected chi connectivity index (χ4v) is 1.86. The average Bonchev–Trinajstić information content (AvgIpc) is 2.35. The first kappa shape index (κ1) is 11.7. The Hall–Kier alpha value is -1.81. The van der Waals surface area contributed by atoms with E-state index in [0.717, 1.165) is 23.1 Å². The van der Waals surface area contributed by atoms with Gasteiger partial charge in [-0.2, -0.15) is 0 Å². The Morgan fingerprint density at radius 1 is 1.29 bits per heavy atom. The summed E-state index contributed by atoms with van der Waals surface area (Å²) in [5.41, 5.74) is 0. The number of pyridine rings is 1. The van der Waals surface area contributed by atoms with Gasteiger partial charge in [0.2, 0.25) is 0 Å². The number of nitrogens with zero attached hydrogens (tertiary/aromatic N) is 2. The largest absolute Gasteiger partial charge is 0.508 e. The molecule has 1 aromatic carbocycles. The Labute approximate surface area is 100 Å². The van der Waals surface area contributed by atoms with E-state index < -0.39 is 0 Å². The smallest absolute Gasteiger partial charge is 0.136 e. The SMILES string of the molecule is CN(CCCO)c1nccc2ccc(O)cc12. The first-order valence-corrected chi connectivity index (χ1v) is 5.62. The van der Waals surface area contributed by atoms with Gasteiger partial charge in [-0.1, -0.05) is 6.07 Å². The zero-order valence-corrected chi connectivity index (χ0v) is 9.80. The summed E-state index contributed by atoms with van der Waals surface area (Å²) in [7, 11) is 1.93. The molecule has 0 atom stereocenters. The van der Waals surface area contributed by atoms with Gasteiger partial charge < -0.3 is 15.1 Å². The van der Waals surface area contributed by atoms with Gasteiger partial charge in [-0.3, -0.25) is 0 Å². The van der Waals surface area contributed by atoms with Gasteiger partial charge in [-0.15, -0.1) is 0 Å². The van der Waals surface area contributed by atoms with Crippen LogP contribution in [0, 0.1) is 0 Å². The van der Waals surface area contributed by atoms with E-state index >= 15 is 0 Å². The van der Waals surface area contributed by atoms with E-state index in [9.17, 15) is 5.11 Å². The van der Waals surface area contributed by atoms with Crippen LogP contribution in [0.2, 0.25) is 0 Å². The molecule has 4 heteroatoms. The molecule has 17 heavy (non-hydrogen) atoms. The molecule has 0 aliphatic carbocycles. The van der Waals surface area contributed by atoms with Gasteiger partial charge in [-0.05, 0) is 30.0 Å². The summed E-state index contributed by atoms with van der Waals surface area (Å²) in [6.45, 7) is 0.901. The standard InChI is InChI=1S/C13H16N2O2/c1-15(7-2-8-16)13-12-9-11(17)4-3-10(12)5-6-14-13/h3-6,9,16-17H,2,7-8H2,1H3. The molecule has 0 aliphatic heterocycles. The number of benzene rings is 1. The summed E-state index contributed by atoms with van der Waals surface area (Å²) in [5, 5.41) is 20.3. The van der Waals surface area contributed by atoms with Crippen molar-refractivity contribution >= 4 is 16.6 Å². The maximum Gasteiger partial charge on any atom is 0.136 e.